The smallest absolute Gasteiger partial charge is 0.334 e. The van der Waals surface area contributed by atoms with Crippen molar-refractivity contribution in [1.82, 2.24) is 0 Å². The summed E-state index contributed by atoms with van der Waals surface area (Å²) in [4.78, 5) is 23.0. The van der Waals surface area contributed by atoms with Gasteiger partial charge >= 0.3 is 11.9 Å². The highest BCUT2D eigenvalue weighted by Gasteiger charge is 2.14. The molecule has 0 amide bonds. The Kier molecular flexibility index (Phi) is 6.26. The molecule has 0 fully saturated rings. The van der Waals surface area contributed by atoms with E-state index in [0.717, 1.165) is 11.6 Å². The highest BCUT2D eigenvalue weighted by atomic mass is 16.5. The number of ether oxygens (including phenoxy) is 4. The van der Waals surface area contributed by atoms with Gasteiger partial charge in [-0.05, 0) is 17.7 Å². The molecule has 6 heteroatoms. The first kappa shape index (κ1) is 16.6. The molecular formula is C15H18O6. The summed E-state index contributed by atoms with van der Waals surface area (Å²) in [5.41, 5.74) is 0.963. The lowest BCUT2D eigenvalue weighted by molar-refractivity contribution is -0.138. The fourth-order valence-corrected chi connectivity index (χ4v) is 1.72. The predicted octanol–water partition coefficient (Wildman–Crippen LogP) is 1.52. The second kappa shape index (κ2) is 7.94. The number of carbonyl (C=O) groups excluding carboxylic acids is 2. The molecule has 0 aliphatic heterocycles. The third kappa shape index (κ3) is 4.52. The van der Waals surface area contributed by atoms with Crippen molar-refractivity contribution < 1.29 is 28.5 Å². The fourth-order valence-electron chi connectivity index (χ4n) is 1.72. The van der Waals surface area contributed by atoms with Crippen molar-refractivity contribution in [2.45, 2.75) is 6.42 Å². The van der Waals surface area contributed by atoms with Gasteiger partial charge in [0.1, 0.15) is 0 Å². The molecule has 0 aromatic heterocycles. The molecule has 0 spiro atoms. The molecule has 1 aromatic rings. The maximum Gasteiger partial charge on any atom is 0.334 e. The minimum atomic E-state index is -0.615. The van der Waals surface area contributed by atoms with Crippen molar-refractivity contribution >= 4 is 11.9 Å². The molecule has 0 radical (unpaired) electrons. The van der Waals surface area contributed by atoms with Crippen LogP contribution in [0.4, 0.5) is 0 Å². The van der Waals surface area contributed by atoms with E-state index in [1.54, 1.807) is 18.2 Å². The molecule has 0 N–H and O–H groups in total. The van der Waals surface area contributed by atoms with Crippen LogP contribution in [0.3, 0.4) is 0 Å². The quantitative estimate of drug-likeness (QED) is 0.585. The van der Waals surface area contributed by atoms with Crippen LogP contribution in [0, 0.1) is 0 Å². The highest BCUT2D eigenvalue weighted by Crippen LogP contribution is 2.28. The maximum absolute atomic E-state index is 11.7. The Morgan fingerprint density at radius 1 is 1.00 bits per heavy atom. The zero-order chi connectivity index (χ0) is 15.8. The van der Waals surface area contributed by atoms with Crippen LogP contribution in [-0.2, 0) is 25.5 Å². The summed E-state index contributed by atoms with van der Waals surface area (Å²) in [6.07, 6.45) is 1.32. The molecule has 0 heterocycles. The number of hydrogen-bond acceptors (Lipinski definition) is 6. The summed E-state index contributed by atoms with van der Waals surface area (Å²) in [5, 5.41) is 0. The van der Waals surface area contributed by atoms with Crippen molar-refractivity contribution in [3.63, 3.8) is 0 Å². The van der Waals surface area contributed by atoms with Gasteiger partial charge in [-0.25, -0.2) is 9.59 Å². The zero-order valence-electron chi connectivity index (χ0n) is 12.5. The summed E-state index contributed by atoms with van der Waals surface area (Å²) in [6.45, 7) is 0. The van der Waals surface area contributed by atoms with Gasteiger partial charge in [0.2, 0.25) is 0 Å². The summed E-state index contributed by atoms with van der Waals surface area (Å²) >= 11 is 0. The lowest BCUT2D eigenvalue weighted by atomic mass is 10.0. The molecule has 0 saturated heterocycles. The van der Waals surface area contributed by atoms with Crippen molar-refractivity contribution in [3.05, 3.63) is 35.4 Å². The van der Waals surface area contributed by atoms with Crippen LogP contribution < -0.4 is 9.47 Å². The number of carbonyl (C=O) groups is 2. The zero-order valence-corrected chi connectivity index (χ0v) is 12.5. The van der Waals surface area contributed by atoms with Crippen LogP contribution in [0.2, 0.25) is 0 Å². The summed E-state index contributed by atoms with van der Waals surface area (Å²) < 4.78 is 19.5. The van der Waals surface area contributed by atoms with E-state index >= 15 is 0 Å². The first-order valence-corrected chi connectivity index (χ1v) is 6.13. The van der Waals surface area contributed by atoms with E-state index in [2.05, 4.69) is 9.47 Å². The normalized spacial score (nSPS) is 10.8. The summed E-state index contributed by atoms with van der Waals surface area (Å²) in [7, 11) is 5.55. The van der Waals surface area contributed by atoms with Crippen molar-refractivity contribution in [3.8, 4) is 11.5 Å². The van der Waals surface area contributed by atoms with Gasteiger partial charge in [-0.2, -0.15) is 0 Å². The van der Waals surface area contributed by atoms with Crippen LogP contribution >= 0.6 is 0 Å². The lowest BCUT2D eigenvalue weighted by Crippen LogP contribution is -2.10. The van der Waals surface area contributed by atoms with E-state index in [9.17, 15) is 9.59 Å². The molecule has 21 heavy (non-hydrogen) atoms. The van der Waals surface area contributed by atoms with Gasteiger partial charge < -0.3 is 18.9 Å². The van der Waals surface area contributed by atoms with Gasteiger partial charge in [-0.15, -0.1) is 0 Å². The second-order valence-corrected chi connectivity index (χ2v) is 4.05. The Hall–Kier alpha value is -2.50. The Balaban J connectivity index is 3.06. The standard InChI is InChI=1S/C15H18O6/c1-18-12-6-5-10(8-13(12)19-2)7-11(15(17)21-4)9-14(16)20-3/h5-6,8-9H,7H2,1-4H3/b11-9+. The molecule has 1 rings (SSSR count). The third-order valence-electron chi connectivity index (χ3n) is 2.78. The van der Waals surface area contributed by atoms with Crippen LogP contribution in [0.5, 0.6) is 11.5 Å². The number of hydrogen-bond donors (Lipinski definition) is 0. The minimum absolute atomic E-state index is 0.191. The van der Waals surface area contributed by atoms with Crippen molar-refractivity contribution in [1.29, 1.82) is 0 Å². The maximum atomic E-state index is 11.7. The van der Waals surface area contributed by atoms with E-state index in [-0.39, 0.29) is 12.0 Å². The topological polar surface area (TPSA) is 71.1 Å². The molecule has 0 atom stereocenters. The third-order valence-corrected chi connectivity index (χ3v) is 2.78. The van der Waals surface area contributed by atoms with Crippen molar-refractivity contribution in [2.24, 2.45) is 0 Å². The second-order valence-electron chi connectivity index (χ2n) is 4.05. The van der Waals surface area contributed by atoms with Gasteiger partial charge in [0.25, 0.3) is 0 Å². The molecule has 0 bridgehead atoms. The largest absolute Gasteiger partial charge is 0.493 e. The molecule has 114 valence electrons. The summed E-state index contributed by atoms with van der Waals surface area (Å²) in [6, 6.07) is 5.23. The van der Waals surface area contributed by atoms with E-state index in [1.165, 1.54) is 28.4 Å². The minimum Gasteiger partial charge on any atom is -0.493 e. The molecular weight excluding hydrogens is 276 g/mol. The van der Waals surface area contributed by atoms with E-state index in [4.69, 9.17) is 9.47 Å². The average Bonchev–Trinajstić information content (AvgIpc) is 2.52. The van der Waals surface area contributed by atoms with Crippen LogP contribution in [0.15, 0.2) is 29.8 Å². The first-order valence-electron chi connectivity index (χ1n) is 6.13. The average molecular weight is 294 g/mol. The molecule has 0 aliphatic carbocycles. The predicted molar refractivity (Wildman–Crippen MR) is 75.4 cm³/mol. The number of methoxy groups -OCH3 is 4. The van der Waals surface area contributed by atoms with Gasteiger partial charge in [-0.3, -0.25) is 0 Å². The monoisotopic (exact) mass is 294 g/mol. The van der Waals surface area contributed by atoms with E-state index in [0.29, 0.717) is 11.5 Å². The molecule has 1 aromatic carbocycles. The molecule has 0 saturated carbocycles. The van der Waals surface area contributed by atoms with Crippen LogP contribution in [0.1, 0.15) is 5.56 Å². The summed E-state index contributed by atoms with van der Waals surface area (Å²) in [5.74, 6) is -0.0823. The Morgan fingerprint density at radius 2 is 1.67 bits per heavy atom. The van der Waals surface area contributed by atoms with E-state index < -0.39 is 11.9 Å². The van der Waals surface area contributed by atoms with Gasteiger partial charge in [0, 0.05) is 18.1 Å². The number of rotatable bonds is 6. The Bertz CT molecular complexity index is 547. The molecule has 0 unspecified atom stereocenters. The van der Waals surface area contributed by atoms with Crippen LogP contribution in [-0.4, -0.2) is 40.4 Å². The first-order chi connectivity index (χ1) is 10.0. The Labute approximate surface area is 123 Å². The van der Waals surface area contributed by atoms with Gasteiger partial charge in [0.05, 0.1) is 28.4 Å². The Morgan fingerprint density at radius 3 is 2.19 bits per heavy atom. The van der Waals surface area contributed by atoms with Crippen molar-refractivity contribution in [2.75, 3.05) is 28.4 Å². The molecule has 0 aliphatic rings. The number of benzene rings is 1. The van der Waals surface area contributed by atoms with Gasteiger partial charge in [0.15, 0.2) is 11.5 Å². The number of esters is 2. The van der Waals surface area contributed by atoms with Crippen LogP contribution in [0.25, 0.3) is 0 Å². The van der Waals surface area contributed by atoms with Gasteiger partial charge in [-0.1, -0.05) is 6.07 Å². The lowest BCUT2D eigenvalue weighted by Gasteiger charge is -2.10. The highest BCUT2D eigenvalue weighted by molar-refractivity contribution is 5.96. The SMILES string of the molecule is COC(=O)/C=C(\Cc1ccc(OC)c(OC)c1)C(=O)OC. The fraction of sp³-hybridized carbons (Fsp3) is 0.333. The van der Waals surface area contributed by atoms with E-state index in [1.807, 2.05) is 0 Å². The molecule has 6 nitrogen and oxygen atoms in total.